The van der Waals surface area contributed by atoms with Gasteiger partial charge in [0.15, 0.2) is 0 Å². The molecule has 0 aromatic carbocycles. The maximum Gasteiger partial charge on any atom is 0.220 e. The lowest BCUT2D eigenvalue weighted by Gasteiger charge is -2.29. The van der Waals surface area contributed by atoms with E-state index in [1.54, 1.807) is 0 Å². The maximum atomic E-state index is 11.2. The molecule has 0 spiro atoms. The van der Waals surface area contributed by atoms with E-state index in [0.717, 1.165) is 17.1 Å². The summed E-state index contributed by atoms with van der Waals surface area (Å²) < 4.78 is 0. The molecule has 12 heavy (non-hydrogen) atoms. The summed E-state index contributed by atoms with van der Waals surface area (Å²) in [4.78, 5) is 11.2. The third-order valence-corrected chi connectivity index (χ3v) is 4.06. The second-order valence-corrected chi connectivity index (χ2v) is 3.92. The van der Waals surface area contributed by atoms with Gasteiger partial charge in [0.05, 0.1) is 5.54 Å². The van der Waals surface area contributed by atoms with E-state index in [0.29, 0.717) is 6.42 Å². The molecule has 0 aliphatic heterocycles. The van der Waals surface area contributed by atoms with Crippen LogP contribution >= 0.6 is 31.9 Å². The van der Waals surface area contributed by atoms with E-state index < -0.39 is 0 Å². The number of hydrogen-bond donors (Lipinski definition) is 1. The van der Waals surface area contributed by atoms with E-state index in [9.17, 15) is 4.79 Å². The Balaban J connectivity index is 4.19. The van der Waals surface area contributed by atoms with Crippen LogP contribution in [-0.2, 0) is 4.79 Å². The number of hydrogen-bond acceptors (Lipinski definition) is 1. The Labute approximate surface area is 90.7 Å². The van der Waals surface area contributed by atoms with Gasteiger partial charge in [-0.1, -0.05) is 45.7 Å². The van der Waals surface area contributed by atoms with Crippen molar-refractivity contribution in [2.24, 2.45) is 0 Å². The minimum atomic E-state index is -0.118. The van der Waals surface area contributed by atoms with Crippen LogP contribution in [0.4, 0.5) is 0 Å². The van der Waals surface area contributed by atoms with Gasteiger partial charge < -0.3 is 5.32 Å². The molecule has 0 heterocycles. The average Bonchev–Trinajstić information content (AvgIpc) is 2.14. The van der Waals surface area contributed by atoms with Crippen molar-refractivity contribution in [3.05, 3.63) is 0 Å². The number of carbonyl (C=O) groups excluding carboxylic acids is 1. The molecule has 0 saturated heterocycles. The Morgan fingerprint density at radius 3 is 2.08 bits per heavy atom. The predicted molar refractivity (Wildman–Crippen MR) is 59.0 cm³/mol. The molecule has 0 rings (SSSR count). The smallest absolute Gasteiger partial charge is 0.220 e. The van der Waals surface area contributed by atoms with Crippen molar-refractivity contribution in [2.45, 2.75) is 32.2 Å². The van der Waals surface area contributed by atoms with E-state index in [4.69, 9.17) is 0 Å². The van der Waals surface area contributed by atoms with E-state index >= 15 is 0 Å². The number of carbonyl (C=O) groups is 1. The fraction of sp³-hybridized carbons (Fsp3) is 0.875. The van der Waals surface area contributed by atoms with Crippen LogP contribution in [0.5, 0.6) is 0 Å². The first-order valence-corrected chi connectivity index (χ1v) is 6.31. The Morgan fingerprint density at radius 1 is 1.33 bits per heavy atom. The van der Waals surface area contributed by atoms with Gasteiger partial charge in [0.1, 0.15) is 0 Å². The highest BCUT2D eigenvalue weighted by Crippen LogP contribution is 2.16. The molecule has 0 aliphatic carbocycles. The molecule has 1 amide bonds. The highest BCUT2D eigenvalue weighted by Gasteiger charge is 2.26. The summed E-state index contributed by atoms with van der Waals surface area (Å²) in [6.45, 7) is 3.93. The summed E-state index contributed by atoms with van der Waals surface area (Å²) in [5, 5.41) is 4.57. The van der Waals surface area contributed by atoms with Gasteiger partial charge in [0.25, 0.3) is 0 Å². The number of rotatable bonds is 5. The van der Waals surface area contributed by atoms with Crippen LogP contribution in [0.1, 0.15) is 26.7 Å². The second-order valence-electron chi connectivity index (χ2n) is 2.80. The van der Waals surface area contributed by atoms with Crippen LogP contribution in [0, 0.1) is 0 Å². The zero-order valence-electron chi connectivity index (χ0n) is 7.49. The Bertz CT molecular complexity index is 138. The van der Waals surface area contributed by atoms with Gasteiger partial charge in [0.2, 0.25) is 5.91 Å². The van der Waals surface area contributed by atoms with Crippen LogP contribution in [-0.4, -0.2) is 22.1 Å². The zero-order valence-corrected chi connectivity index (χ0v) is 10.7. The summed E-state index contributed by atoms with van der Waals surface area (Å²) in [6.07, 6.45) is 1.47. The summed E-state index contributed by atoms with van der Waals surface area (Å²) in [5.41, 5.74) is -0.118. The van der Waals surface area contributed by atoms with Gasteiger partial charge in [-0.15, -0.1) is 0 Å². The highest BCUT2D eigenvalue weighted by molar-refractivity contribution is 9.09. The van der Waals surface area contributed by atoms with Gasteiger partial charge in [0, 0.05) is 17.1 Å². The average molecular weight is 301 g/mol. The fourth-order valence-corrected chi connectivity index (χ4v) is 2.77. The van der Waals surface area contributed by atoms with Crippen LogP contribution in [0.3, 0.4) is 0 Å². The summed E-state index contributed by atoms with van der Waals surface area (Å²) in [7, 11) is 0. The van der Waals surface area contributed by atoms with Gasteiger partial charge in [-0.2, -0.15) is 0 Å². The monoisotopic (exact) mass is 299 g/mol. The lowest BCUT2D eigenvalue weighted by Crippen LogP contribution is -2.50. The molecular weight excluding hydrogens is 286 g/mol. The van der Waals surface area contributed by atoms with Gasteiger partial charge in [-0.05, 0) is 6.42 Å². The van der Waals surface area contributed by atoms with Crippen LogP contribution in [0.2, 0.25) is 0 Å². The van der Waals surface area contributed by atoms with Crippen molar-refractivity contribution in [3.63, 3.8) is 0 Å². The SMILES string of the molecule is CCC(=O)NC(CC)(CBr)CBr. The minimum Gasteiger partial charge on any atom is -0.349 e. The number of nitrogens with one attached hydrogen (secondary N) is 1. The van der Waals surface area contributed by atoms with Crippen molar-refractivity contribution < 1.29 is 4.79 Å². The molecule has 0 fully saturated rings. The molecule has 2 nitrogen and oxygen atoms in total. The van der Waals surface area contributed by atoms with E-state index in [-0.39, 0.29) is 11.4 Å². The third-order valence-electron chi connectivity index (χ3n) is 1.91. The number of amides is 1. The zero-order chi connectivity index (χ0) is 9.61. The molecule has 0 atom stereocenters. The van der Waals surface area contributed by atoms with Gasteiger partial charge >= 0.3 is 0 Å². The summed E-state index contributed by atoms with van der Waals surface area (Å²) >= 11 is 6.81. The lowest BCUT2D eigenvalue weighted by atomic mass is 10.0. The molecule has 72 valence electrons. The Morgan fingerprint density at radius 2 is 1.83 bits per heavy atom. The first-order valence-electron chi connectivity index (χ1n) is 4.07. The Kier molecular flexibility index (Phi) is 6.19. The van der Waals surface area contributed by atoms with Crippen LogP contribution in [0.25, 0.3) is 0 Å². The molecule has 0 unspecified atom stereocenters. The van der Waals surface area contributed by atoms with Gasteiger partial charge in [-0.3, -0.25) is 4.79 Å². The van der Waals surface area contributed by atoms with Crippen molar-refractivity contribution in [1.82, 2.24) is 5.32 Å². The molecule has 0 aromatic rings. The van der Waals surface area contributed by atoms with Crippen molar-refractivity contribution in [1.29, 1.82) is 0 Å². The minimum absolute atomic E-state index is 0.107. The maximum absolute atomic E-state index is 11.2. The topological polar surface area (TPSA) is 29.1 Å². The van der Waals surface area contributed by atoms with Crippen molar-refractivity contribution >= 4 is 37.8 Å². The second kappa shape index (κ2) is 5.97. The largest absolute Gasteiger partial charge is 0.349 e. The fourth-order valence-electron chi connectivity index (χ4n) is 0.764. The molecule has 0 aliphatic rings. The molecule has 0 saturated carbocycles. The first kappa shape index (κ1) is 12.4. The molecule has 1 N–H and O–H groups in total. The summed E-state index contributed by atoms with van der Waals surface area (Å²) in [6, 6.07) is 0. The van der Waals surface area contributed by atoms with Crippen LogP contribution < -0.4 is 5.32 Å². The normalized spacial score (nSPS) is 11.3. The Hall–Kier alpha value is 0.430. The van der Waals surface area contributed by atoms with Crippen molar-refractivity contribution in [3.8, 4) is 0 Å². The number of halogens is 2. The van der Waals surface area contributed by atoms with E-state index in [2.05, 4.69) is 44.1 Å². The predicted octanol–water partition coefficient (Wildman–Crippen LogP) is 2.45. The third kappa shape index (κ3) is 3.44. The van der Waals surface area contributed by atoms with E-state index in [1.165, 1.54) is 0 Å². The number of alkyl halides is 2. The summed E-state index contributed by atoms with van der Waals surface area (Å²) in [5.74, 6) is 0.107. The molecule has 4 heteroatoms. The molecule has 0 bridgehead atoms. The standard InChI is InChI=1S/C8H15Br2NO/c1-3-7(12)11-8(4-2,5-9)6-10/h3-6H2,1-2H3,(H,11,12). The van der Waals surface area contributed by atoms with Crippen molar-refractivity contribution in [2.75, 3.05) is 10.7 Å². The molecule has 0 radical (unpaired) electrons. The van der Waals surface area contributed by atoms with E-state index in [1.807, 2.05) is 6.92 Å². The molecular formula is C8H15Br2NO. The lowest BCUT2D eigenvalue weighted by molar-refractivity contribution is -0.122. The van der Waals surface area contributed by atoms with Gasteiger partial charge in [-0.25, -0.2) is 0 Å². The van der Waals surface area contributed by atoms with Crippen LogP contribution in [0.15, 0.2) is 0 Å². The quantitative estimate of drug-likeness (QED) is 0.777. The highest BCUT2D eigenvalue weighted by atomic mass is 79.9. The first-order chi connectivity index (χ1) is 5.64. The molecule has 0 aromatic heterocycles.